The molecule has 1 N–H and O–H groups in total. The standard InChI is InChI=1S/C19H18F3N3O/c1-12(9-13-3-5-14(20)6-4-13)19(2,26)25-11-18(23-24-25)16-8-7-15(21)10-17(16)22/h3-8,10-12,26H,9H2,1-2H3. The summed E-state index contributed by atoms with van der Waals surface area (Å²) < 4.78 is 41.2. The number of halogens is 3. The van der Waals surface area contributed by atoms with Gasteiger partial charge in [-0.05, 0) is 43.2 Å². The number of nitrogens with zero attached hydrogens (tertiary/aromatic N) is 3. The molecule has 0 aliphatic carbocycles. The summed E-state index contributed by atoms with van der Waals surface area (Å²) in [5, 5.41) is 18.7. The second-order valence-corrected chi connectivity index (χ2v) is 6.50. The number of aliphatic hydroxyl groups is 1. The fourth-order valence-corrected chi connectivity index (χ4v) is 2.70. The van der Waals surface area contributed by atoms with Crippen molar-refractivity contribution in [1.82, 2.24) is 15.0 Å². The van der Waals surface area contributed by atoms with Crippen LogP contribution in [0.3, 0.4) is 0 Å². The number of hydrogen-bond donors (Lipinski definition) is 1. The van der Waals surface area contributed by atoms with Gasteiger partial charge in [0.1, 0.15) is 23.1 Å². The highest BCUT2D eigenvalue weighted by molar-refractivity contribution is 5.58. The van der Waals surface area contributed by atoms with Gasteiger partial charge in [-0.25, -0.2) is 17.9 Å². The lowest BCUT2D eigenvalue weighted by Gasteiger charge is -2.30. The quantitative estimate of drug-likeness (QED) is 0.750. The highest BCUT2D eigenvalue weighted by Crippen LogP contribution is 2.28. The molecule has 2 unspecified atom stereocenters. The first-order valence-corrected chi connectivity index (χ1v) is 8.12. The highest BCUT2D eigenvalue weighted by atomic mass is 19.1. The Bertz CT molecular complexity index is 907. The normalized spacial score (nSPS) is 14.8. The molecule has 0 bridgehead atoms. The Balaban J connectivity index is 1.83. The molecule has 3 rings (SSSR count). The lowest BCUT2D eigenvalue weighted by molar-refractivity contribution is -0.0798. The SMILES string of the molecule is CC(Cc1ccc(F)cc1)C(C)(O)n1cc(-c2ccc(F)cc2F)nn1. The maximum Gasteiger partial charge on any atom is 0.159 e. The van der Waals surface area contributed by atoms with Crippen molar-refractivity contribution < 1.29 is 18.3 Å². The van der Waals surface area contributed by atoms with Crippen molar-refractivity contribution in [3.63, 3.8) is 0 Å². The van der Waals surface area contributed by atoms with E-state index in [4.69, 9.17) is 0 Å². The van der Waals surface area contributed by atoms with Gasteiger partial charge in [0.15, 0.2) is 5.72 Å². The molecule has 0 spiro atoms. The van der Waals surface area contributed by atoms with E-state index >= 15 is 0 Å². The van der Waals surface area contributed by atoms with Gasteiger partial charge in [-0.1, -0.05) is 24.3 Å². The Labute approximate surface area is 148 Å². The van der Waals surface area contributed by atoms with Crippen LogP contribution in [0.15, 0.2) is 48.7 Å². The van der Waals surface area contributed by atoms with E-state index in [2.05, 4.69) is 10.3 Å². The molecule has 2 atom stereocenters. The number of aromatic nitrogens is 3. The van der Waals surface area contributed by atoms with E-state index in [0.29, 0.717) is 6.42 Å². The van der Waals surface area contributed by atoms with Crippen LogP contribution in [0.2, 0.25) is 0 Å². The van der Waals surface area contributed by atoms with E-state index in [1.54, 1.807) is 19.1 Å². The fraction of sp³-hybridized carbons (Fsp3) is 0.263. The van der Waals surface area contributed by atoms with Crippen LogP contribution in [0.1, 0.15) is 19.4 Å². The molecule has 26 heavy (non-hydrogen) atoms. The molecule has 3 aromatic rings. The summed E-state index contributed by atoms with van der Waals surface area (Å²) in [5.41, 5.74) is -0.253. The Hall–Kier alpha value is -2.67. The van der Waals surface area contributed by atoms with Crippen LogP contribution in [0.25, 0.3) is 11.3 Å². The van der Waals surface area contributed by atoms with Crippen LogP contribution in [0.5, 0.6) is 0 Å². The molecule has 2 aromatic carbocycles. The Morgan fingerprint density at radius 1 is 1.08 bits per heavy atom. The Kier molecular flexibility index (Phi) is 4.82. The van der Waals surface area contributed by atoms with Crippen molar-refractivity contribution in [1.29, 1.82) is 0 Å². The van der Waals surface area contributed by atoms with E-state index in [-0.39, 0.29) is 23.0 Å². The van der Waals surface area contributed by atoms with Gasteiger partial charge in [0.2, 0.25) is 0 Å². The van der Waals surface area contributed by atoms with Gasteiger partial charge in [-0.2, -0.15) is 0 Å². The van der Waals surface area contributed by atoms with E-state index < -0.39 is 17.4 Å². The molecule has 0 amide bonds. The maximum atomic E-state index is 13.9. The predicted octanol–water partition coefficient (Wildman–Crippen LogP) is 3.91. The van der Waals surface area contributed by atoms with Crippen LogP contribution in [0.4, 0.5) is 13.2 Å². The second-order valence-electron chi connectivity index (χ2n) is 6.50. The van der Waals surface area contributed by atoms with E-state index in [1.165, 1.54) is 29.1 Å². The van der Waals surface area contributed by atoms with Gasteiger partial charge < -0.3 is 5.11 Å². The van der Waals surface area contributed by atoms with Gasteiger partial charge >= 0.3 is 0 Å². The third-order valence-electron chi connectivity index (χ3n) is 4.55. The number of rotatable bonds is 5. The summed E-state index contributed by atoms with van der Waals surface area (Å²) in [5.74, 6) is -2.05. The molecule has 0 saturated carbocycles. The molecule has 0 aliphatic rings. The van der Waals surface area contributed by atoms with Gasteiger partial charge in [0.25, 0.3) is 0 Å². The summed E-state index contributed by atoms with van der Waals surface area (Å²) in [6.45, 7) is 3.39. The lowest BCUT2D eigenvalue weighted by Crippen LogP contribution is -2.38. The second kappa shape index (κ2) is 6.92. The molecule has 0 aliphatic heterocycles. The predicted molar refractivity (Wildman–Crippen MR) is 90.5 cm³/mol. The zero-order valence-electron chi connectivity index (χ0n) is 14.3. The Morgan fingerprint density at radius 2 is 1.73 bits per heavy atom. The highest BCUT2D eigenvalue weighted by Gasteiger charge is 2.32. The Morgan fingerprint density at radius 3 is 2.38 bits per heavy atom. The molecule has 1 aromatic heterocycles. The molecule has 0 radical (unpaired) electrons. The van der Waals surface area contributed by atoms with Crippen molar-refractivity contribution >= 4 is 0 Å². The largest absolute Gasteiger partial charge is 0.369 e. The first-order chi connectivity index (χ1) is 12.3. The smallest absolute Gasteiger partial charge is 0.159 e. The number of hydrogen-bond acceptors (Lipinski definition) is 3. The topological polar surface area (TPSA) is 50.9 Å². The lowest BCUT2D eigenvalue weighted by atomic mass is 9.92. The summed E-state index contributed by atoms with van der Waals surface area (Å²) in [7, 11) is 0. The van der Waals surface area contributed by atoms with Crippen LogP contribution >= 0.6 is 0 Å². The molecule has 0 saturated heterocycles. The zero-order valence-corrected chi connectivity index (χ0v) is 14.3. The molecule has 4 nitrogen and oxygen atoms in total. The molecule has 1 heterocycles. The van der Waals surface area contributed by atoms with Crippen LogP contribution < -0.4 is 0 Å². The summed E-state index contributed by atoms with van der Waals surface area (Å²) in [6, 6.07) is 9.21. The van der Waals surface area contributed by atoms with Crippen molar-refractivity contribution in [2.24, 2.45) is 5.92 Å². The third-order valence-corrected chi connectivity index (χ3v) is 4.55. The minimum Gasteiger partial charge on any atom is -0.369 e. The van der Waals surface area contributed by atoms with Crippen molar-refractivity contribution in [3.8, 4) is 11.3 Å². The van der Waals surface area contributed by atoms with E-state index in [1.807, 2.05) is 6.92 Å². The molecule has 7 heteroatoms. The average molecular weight is 361 g/mol. The van der Waals surface area contributed by atoms with Crippen molar-refractivity contribution in [3.05, 3.63) is 71.7 Å². The molecular weight excluding hydrogens is 343 g/mol. The maximum absolute atomic E-state index is 13.9. The van der Waals surface area contributed by atoms with E-state index in [0.717, 1.165) is 17.7 Å². The summed E-state index contributed by atoms with van der Waals surface area (Å²) in [4.78, 5) is 0. The van der Waals surface area contributed by atoms with Crippen LogP contribution in [-0.2, 0) is 12.1 Å². The monoisotopic (exact) mass is 361 g/mol. The van der Waals surface area contributed by atoms with Gasteiger partial charge in [-0.3, -0.25) is 0 Å². The minimum atomic E-state index is -1.41. The average Bonchev–Trinajstić information content (AvgIpc) is 3.07. The van der Waals surface area contributed by atoms with Crippen molar-refractivity contribution in [2.45, 2.75) is 26.0 Å². The molecule has 136 valence electrons. The zero-order chi connectivity index (χ0) is 18.9. The van der Waals surface area contributed by atoms with Gasteiger partial charge in [-0.15, -0.1) is 5.10 Å². The van der Waals surface area contributed by atoms with E-state index in [9.17, 15) is 18.3 Å². The molecular formula is C19H18F3N3O. The van der Waals surface area contributed by atoms with Crippen LogP contribution in [-0.4, -0.2) is 20.1 Å². The summed E-state index contributed by atoms with van der Waals surface area (Å²) in [6.07, 6.45) is 1.89. The number of benzene rings is 2. The first-order valence-electron chi connectivity index (χ1n) is 8.12. The fourth-order valence-electron chi connectivity index (χ4n) is 2.70. The van der Waals surface area contributed by atoms with Crippen LogP contribution in [0, 0.1) is 23.4 Å². The minimum absolute atomic E-state index is 0.0969. The van der Waals surface area contributed by atoms with Gasteiger partial charge in [0.05, 0.1) is 6.20 Å². The first kappa shape index (κ1) is 18.1. The third kappa shape index (κ3) is 3.62. The van der Waals surface area contributed by atoms with Crippen molar-refractivity contribution in [2.75, 3.05) is 0 Å². The van der Waals surface area contributed by atoms with Gasteiger partial charge in [0, 0.05) is 17.5 Å². The summed E-state index contributed by atoms with van der Waals surface area (Å²) >= 11 is 0. The molecule has 0 fully saturated rings.